The van der Waals surface area contributed by atoms with Crippen molar-refractivity contribution in [1.29, 1.82) is 0 Å². The molecule has 1 fully saturated rings. The molecule has 4 rings (SSSR count). The molecular weight excluding hydrogens is 420 g/mol. The van der Waals surface area contributed by atoms with Crippen molar-refractivity contribution in [3.63, 3.8) is 0 Å². The minimum Gasteiger partial charge on any atom is -0.493 e. The number of hydrogen-bond donors (Lipinski definition) is 2. The number of aliphatic imine (C=N–C) groups is 1. The van der Waals surface area contributed by atoms with Crippen molar-refractivity contribution >= 4 is 39.2 Å². The molecule has 0 bridgehead atoms. The van der Waals surface area contributed by atoms with E-state index in [2.05, 4.69) is 21.2 Å². The van der Waals surface area contributed by atoms with Gasteiger partial charge in [0.2, 0.25) is 5.76 Å². The molecule has 1 spiro atoms. The molecule has 0 saturated heterocycles. The van der Waals surface area contributed by atoms with Gasteiger partial charge in [0.1, 0.15) is 11.9 Å². The first kappa shape index (κ1) is 18.3. The van der Waals surface area contributed by atoms with Gasteiger partial charge < -0.3 is 24.6 Å². The molecular formula is C18H23BrN2O4S. The SMILES string of the molecule is CNC(=S)OC1=C(Br)C23CCCC[C@H]2OC2=C3[C@@H](C[C@H](O)C2)N=C1OC. The average Bonchev–Trinajstić information content (AvgIpc) is 2.93. The van der Waals surface area contributed by atoms with E-state index in [-0.39, 0.29) is 22.7 Å². The maximum atomic E-state index is 10.4. The van der Waals surface area contributed by atoms with Gasteiger partial charge in [0, 0.05) is 25.5 Å². The topological polar surface area (TPSA) is 72.3 Å². The Bertz CT molecular complexity index is 735. The van der Waals surface area contributed by atoms with Gasteiger partial charge in [-0.2, -0.15) is 0 Å². The van der Waals surface area contributed by atoms with Gasteiger partial charge in [-0.1, -0.05) is 22.4 Å². The molecule has 4 aliphatic rings. The molecule has 0 amide bonds. The lowest BCUT2D eigenvalue weighted by molar-refractivity contribution is 0.0370. The van der Waals surface area contributed by atoms with Crippen LogP contribution in [-0.4, -0.2) is 48.6 Å². The third-order valence-electron chi connectivity index (χ3n) is 5.80. The number of halogens is 1. The molecule has 0 aromatic rings. The fraction of sp³-hybridized carbons (Fsp3) is 0.667. The summed E-state index contributed by atoms with van der Waals surface area (Å²) in [6, 6.07) is -0.177. The van der Waals surface area contributed by atoms with Gasteiger partial charge in [-0.25, -0.2) is 4.99 Å². The lowest BCUT2D eigenvalue weighted by Gasteiger charge is -2.41. The Hall–Kier alpha value is -1.12. The van der Waals surface area contributed by atoms with Crippen LogP contribution in [0.2, 0.25) is 0 Å². The van der Waals surface area contributed by atoms with Crippen LogP contribution in [0.1, 0.15) is 38.5 Å². The van der Waals surface area contributed by atoms with E-state index in [0.717, 1.165) is 35.9 Å². The number of rotatable bonds is 1. The number of aliphatic hydroxyl groups is 1. The monoisotopic (exact) mass is 442 g/mol. The van der Waals surface area contributed by atoms with Crippen LogP contribution in [0.5, 0.6) is 0 Å². The van der Waals surface area contributed by atoms with Gasteiger partial charge in [-0.3, -0.25) is 0 Å². The number of ether oxygens (including phenoxy) is 3. The second-order valence-corrected chi connectivity index (χ2v) is 8.35. The Morgan fingerprint density at radius 2 is 2.27 bits per heavy atom. The third-order valence-corrected chi connectivity index (χ3v) is 7.16. The average molecular weight is 443 g/mol. The first-order chi connectivity index (χ1) is 12.5. The van der Waals surface area contributed by atoms with E-state index in [1.807, 2.05) is 0 Å². The second kappa shape index (κ2) is 6.80. The minimum absolute atomic E-state index is 0.0246. The Kier molecular flexibility index (Phi) is 4.77. The molecule has 8 heteroatoms. The summed E-state index contributed by atoms with van der Waals surface area (Å²) in [5.41, 5.74) is 0.865. The third kappa shape index (κ3) is 2.60. The van der Waals surface area contributed by atoms with E-state index in [4.69, 9.17) is 31.4 Å². The lowest BCUT2D eigenvalue weighted by atomic mass is 9.64. The number of aliphatic hydroxyl groups excluding tert-OH is 1. The quantitative estimate of drug-likeness (QED) is 0.608. The molecule has 2 aliphatic heterocycles. The predicted molar refractivity (Wildman–Crippen MR) is 105 cm³/mol. The first-order valence-electron chi connectivity index (χ1n) is 9.01. The van der Waals surface area contributed by atoms with Crippen LogP contribution < -0.4 is 5.32 Å². The molecule has 0 aromatic carbocycles. The maximum Gasteiger partial charge on any atom is 0.262 e. The van der Waals surface area contributed by atoms with Gasteiger partial charge in [0.25, 0.3) is 11.1 Å². The van der Waals surface area contributed by atoms with Gasteiger partial charge in [0.05, 0.1) is 29.2 Å². The number of methoxy groups -OCH3 is 1. The van der Waals surface area contributed by atoms with E-state index in [0.29, 0.717) is 24.5 Å². The van der Waals surface area contributed by atoms with Crippen LogP contribution in [0.4, 0.5) is 0 Å². The molecule has 26 heavy (non-hydrogen) atoms. The summed E-state index contributed by atoms with van der Waals surface area (Å²) < 4.78 is 18.7. The molecule has 0 aromatic heterocycles. The summed E-state index contributed by atoms with van der Waals surface area (Å²) in [4.78, 5) is 4.81. The van der Waals surface area contributed by atoms with Crippen molar-refractivity contribution in [2.75, 3.05) is 14.2 Å². The van der Waals surface area contributed by atoms with Crippen LogP contribution in [0.15, 0.2) is 26.6 Å². The lowest BCUT2D eigenvalue weighted by Crippen LogP contribution is -2.41. The van der Waals surface area contributed by atoms with E-state index in [9.17, 15) is 5.11 Å². The van der Waals surface area contributed by atoms with Crippen LogP contribution in [0.3, 0.4) is 0 Å². The van der Waals surface area contributed by atoms with Crippen molar-refractivity contribution in [2.24, 2.45) is 10.4 Å². The van der Waals surface area contributed by atoms with E-state index in [1.54, 1.807) is 14.2 Å². The zero-order valence-corrected chi connectivity index (χ0v) is 17.3. The first-order valence-corrected chi connectivity index (χ1v) is 10.2. The number of hydrogen-bond acceptors (Lipinski definition) is 6. The van der Waals surface area contributed by atoms with Crippen molar-refractivity contribution < 1.29 is 19.3 Å². The molecule has 2 heterocycles. The number of thiocarbonyl (C=S) groups is 1. The van der Waals surface area contributed by atoms with Crippen molar-refractivity contribution in [1.82, 2.24) is 5.32 Å². The summed E-state index contributed by atoms with van der Waals surface area (Å²) in [5, 5.41) is 13.4. The van der Waals surface area contributed by atoms with E-state index in [1.165, 1.54) is 5.57 Å². The van der Waals surface area contributed by atoms with Crippen molar-refractivity contribution in [3.05, 3.63) is 21.6 Å². The summed E-state index contributed by atoms with van der Waals surface area (Å²) in [6.07, 6.45) is 4.83. The van der Waals surface area contributed by atoms with Crippen LogP contribution >= 0.6 is 28.1 Å². The van der Waals surface area contributed by atoms with Gasteiger partial charge in [0.15, 0.2) is 0 Å². The summed E-state index contributed by atoms with van der Waals surface area (Å²) in [5.74, 6) is 1.79. The molecule has 0 radical (unpaired) electrons. The van der Waals surface area contributed by atoms with Crippen LogP contribution in [-0.2, 0) is 14.2 Å². The predicted octanol–water partition coefficient (Wildman–Crippen LogP) is 2.91. The van der Waals surface area contributed by atoms with Crippen LogP contribution in [0.25, 0.3) is 0 Å². The van der Waals surface area contributed by atoms with E-state index < -0.39 is 6.10 Å². The Morgan fingerprint density at radius 1 is 1.46 bits per heavy atom. The molecule has 2 aliphatic carbocycles. The Morgan fingerprint density at radius 3 is 3.00 bits per heavy atom. The fourth-order valence-electron chi connectivity index (χ4n) is 4.77. The fourth-order valence-corrected chi connectivity index (χ4v) is 5.77. The molecule has 1 saturated carbocycles. The smallest absolute Gasteiger partial charge is 0.262 e. The number of nitrogens with zero attached hydrogens (tertiary/aromatic N) is 1. The highest BCUT2D eigenvalue weighted by Gasteiger charge is 2.59. The number of nitrogens with one attached hydrogen (secondary N) is 1. The Balaban J connectivity index is 1.92. The van der Waals surface area contributed by atoms with Crippen molar-refractivity contribution in [2.45, 2.75) is 56.8 Å². The van der Waals surface area contributed by atoms with Crippen LogP contribution in [0, 0.1) is 5.41 Å². The standard InChI is InChI=1S/C18H23BrN2O4S/c1-20-17(26)25-14-15(19)18-6-4-3-5-12(18)24-11-8-9(22)7-10(13(11)18)21-16(14)23-2/h9-10,12,22H,3-8H2,1-2H3,(H,20,26)/t9-,10+,12+,18?/m0/s1. The van der Waals surface area contributed by atoms with Crippen molar-refractivity contribution in [3.8, 4) is 0 Å². The molecule has 4 atom stereocenters. The second-order valence-electron chi connectivity index (χ2n) is 7.19. The minimum atomic E-state index is -0.461. The van der Waals surface area contributed by atoms with Gasteiger partial charge in [-0.15, -0.1) is 0 Å². The molecule has 6 nitrogen and oxygen atoms in total. The molecule has 1 unspecified atom stereocenters. The summed E-state index contributed by atoms with van der Waals surface area (Å²) in [6.45, 7) is 0. The van der Waals surface area contributed by atoms with Gasteiger partial charge in [-0.05, 0) is 31.5 Å². The Labute approximate surface area is 166 Å². The highest BCUT2D eigenvalue weighted by molar-refractivity contribution is 9.11. The highest BCUT2D eigenvalue weighted by Crippen LogP contribution is 2.62. The van der Waals surface area contributed by atoms with E-state index >= 15 is 0 Å². The molecule has 2 N–H and O–H groups in total. The normalized spacial score (nSPS) is 35.7. The zero-order valence-electron chi connectivity index (χ0n) is 14.9. The highest BCUT2D eigenvalue weighted by atomic mass is 79.9. The molecule has 142 valence electrons. The largest absolute Gasteiger partial charge is 0.493 e. The zero-order chi connectivity index (χ0) is 18.5. The summed E-state index contributed by atoms with van der Waals surface area (Å²) in [7, 11) is 3.29. The van der Waals surface area contributed by atoms with Gasteiger partial charge >= 0.3 is 0 Å². The summed E-state index contributed by atoms with van der Waals surface area (Å²) >= 11 is 9.06. The maximum absolute atomic E-state index is 10.4.